The number of nitrogens with two attached hydrogens (primary N) is 1. The van der Waals surface area contributed by atoms with Crippen LogP contribution >= 0.6 is 0 Å². The number of cyclic esters (lactones) is 1. The van der Waals surface area contributed by atoms with Gasteiger partial charge in [-0.3, -0.25) is 24.0 Å². The van der Waals surface area contributed by atoms with Gasteiger partial charge in [-0.05, 0) is 145 Å². The fraction of sp³-hybridized carbons (Fsp3) is 0.699. The molecule has 5 aliphatic rings. The number of carbonyl (C=O) groups excluding carboxylic acids is 7. The molecule has 0 radical (unpaired) electrons. The number of nitrogen functional groups attached to an aromatic ring is 1. The molecule has 34 heteroatoms. The summed E-state index contributed by atoms with van der Waals surface area (Å²) in [6.07, 6.45) is 13.8. The van der Waals surface area contributed by atoms with Gasteiger partial charge in [-0.2, -0.15) is 5.10 Å². The van der Waals surface area contributed by atoms with Gasteiger partial charge in [-0.15, -0.1) is 0 Å². The highest BCUT2D eigenvalue weighted by atomic mass is 16.6. The topological polar surface area (TPSA) is 420 Å². The Balaban J connectivity index is 0.581. The van der Waals surface area contributed by atoms with Gasteiger partial charge in [0.05, 0.1) is 156 Å². The number of methoxy groups -OCH3 is 4. The molecule has 2 aliphatic carbocycles. The van der Waals surface area contributed by atoms with Gasteiger partial charge in [0, 0.05) is 88.8 Å². The van der Waals surface area contributed by atoms with E-state index in [1.54, 1.807) is 59.6 Å². The number of aliphatic hydroxyl groups is 2. The number of piperidine rings is 1. The molecule has 2 bridgehead atoms. The average molecular weight is 1790 g/mol. The van der Waals surface area contributed by atoms with E-state index in [1.165, 1.54) is 18.3 Å². The number of anilines is 1. The van der Waals surface area contributed by atoms with Crippen molar-refractivity contribution in [2.45, 2.75) is 212 Å². The summed E-state index contributed by atoms with van der Waals surface area (Å²) in [5, 5.41) is 35.1. The Kier molecular flexibility index (Phi) is 43.6. The van der Waals surface area contributed by atoms with Crippen molar-refractivity contribution in [1.82, 2.24) is 40.1 Å². The first-order valence-corrected chi connectivity index (χ1v) is 45.4. The van der Waals surface area contributed by atoms with Crippen LogP contribution in [0.3, 0.4) is 0 Å². The third-order valence-electron chi connectivity index (χ3n) is 24.8. The fourth-order valence-corrected chi connectivity index (χ4v) is 17.4. The number of carbonyl (C=O) groups is 7. The summed E-state index contributed by atoms with van der Waals surface area (Å²) in [4.78, 5) is 112. The van der Waals surface area contributed by atoms with E-state index >= 15 is 0 Å². The Bertz CT molecular complexity index is 4200. The van der Waals surface area contributed by atoms with Crippen LogP contribution in [0.4, 0.5) is 10.6 Å². The summed E-state index contributed by atoms with van der Waals surface area (Å²) in [5.41, 5.74) is 10.6. The van der Waals surface area contributed by atoms with Crippen LogP contribution in [0.15, 0.2) is 78.2 Å². The Hall–Kier alpha value is -8.04. The number of aromatic nitrogens is 5. The number of hydrogen-bond acceptors (Lipinski definition) is 29. The van der Waals surface area contributed by atoms with E-state index in [1.807, 2.05) is 75.4 Å². The van der Waals surface area contributed by atoms with Crippen LogP contribution in [0.5, 0.6) is 5.75 Å². The Morgan fingerprint density at radius 1 is 0.693 bits per heavy atom. The van der Waals surface area contributed by atoms with Crippen molar-refractivity contribution in [2.24, 2.45) is 41.4 Å². The van der Waals surface area contributed by atoms with Crippen molar-refractivity contribution in [2.75, 3.05) is 173 Å². The van der Waals surface area contributed by atoms with Crippen molar-refractivity contribution < 1.29 is 120 Å². The van der Waals surface area contributed by atoms with Gasteiger partial charge < -0.3 is 112 Å². The highest BCUT2D eigenvalue weighted by molar-refractivity contribution is 6.39. The van der Waals surface area contributed by atoms with E-state index in [0.29, 0.717) is 199 Å². The number of Topliss-reactive ketones (excluding diaryl/α,β-unsaturated/α-hetero) is 3. The van der Waals surface area contributed by atoms with Crippen LogP contribution in [-0.4, -0.2) is 302 Å². The molecule has 0 spiro atoms. The maximum atomic E-state index is 14.8. The number of hydrogen-bond donors (Lipinski definition) is 6. The first-order valence-electron chi connectivity index (χ1n) is 45.4. The van der Waals surface area contributed by atoms with E-state index < -0.39 is 102 Å². The lowest BCUT2D eigenvalue weighted by molar-refractivity contribution is -0.265. The molecule has 2 saturated heterocycles. The van der Waals surface area contributed by atoms with Gasteiger partial charge >= 0.3 is 12.1 Å². The number of alkyl carbamates (subject to hydrolysis) is 1. The van der Waals surface area contributed by atoms with Crippen molar-refractivity contribution in [3.63, 3.8) is 0 Å². The van der Waals surface area contributed by atoms with Gasteiger partial charge in [0.25, 0.3) is 11.7 Å². The molecule has 4 fully saturated rings. The molecule has 6 heterocycles. The molecule has 15 atom stereocenters. The second kappa shape index (κ2) is 53.9. The number of esters is 1. The number of imidazole rings is 1. The van der Waals surface area contributed by atoms with Gasteiger partial charge in [0.15, 0.2) is 11.6 Å². The molecule has 7 N–H and O–H groups in total. The van der Waals surface area contributed by atoms with E-state index in [2.05, 4.69) is 25.7 Å². The van der Waals surface area contributed by atoms with Gasteiger partial charge in [0.1, 0.15) is 65.4 Å². The number of aromatic amines is 1. The number of allylic oxidation sites excluding steroid dienone is 6. The number of para-hydroxylation sites is 1. The Morgan fingerprint density at radius 3 is 1.92 bits per heavy atom. The molecule has 4 aromatic rings. The molecule has 0 unspecified atom stereocenters. The summed E-state index contributed by atoms with van der Waals surface area (Å²) < 4.78 is 93.9. The number of aliphatic hydroxyl groups excluding tert-OH is 1. The molecule has 708 valence electrons. The SMILES string of the molecule is COc1cccc2cc(-c3nc(C4CCC(C(=O)NCCOCCOCCOCCOCCOCCOCCOCCOCCOCCNC(=O)O[C@@H]5CC[C@@H](C[C@@H](C)[C@@H]6CC(=O)[C@H](C)/C=C(\C)[C@@H](O)[C@@H](OC)C(=O)[C@H](C)C[C@H](C)/C=C/C=C/C=C(\C)[C@@H](OC)C[C@@H]7CC[C@@H](C)[C@@](O)(O7)C(=O)C(=O)N7CCCC[C@H]7C(=O)O6)C[C@H]5OC)CC4)n4ncnc(N)c34)[nH]c12. The summed E-state index contributed by atoms with van der Waals surface area (Å²) in [6.45, 7) is 20.1. The van der Waals surface area contributed by atoms with Crippen molar-refractivity contribution in [3.05, 3.63) is 84.0 Å². The van der Waals surface area contributed by atoms with Crippen LogP contribution in [0.1, 0.15) is 163 Å². The highest BCUT2D eigenvalue weighted by Crippen LogP contribution is 2.42. The van der Waals surface area contributed by atoms with Crippen molar-refractivity contribution in [3.8, 4) is 17.1 Å². The number of amides is 3. The molecular weight excluding hydrogens is 1640 g/mol. The van der Waals surface area contributed by atoms with Crippen LogP contribution in [0, 0.1) is 41.4 Å². The molecular formula is C93H141N9O25. The van der Waals surface area contributed by atoms with Crippen molar-refractivity contribution >= 4 is 63.5 Å². The fourth-order valence-electron chi connectivity index (χ4n) is 17.4. The summed E-state index contributed by atoms with van der Waals surface area (Å²) in [7, 11) is 6.13. The quantitative estimate of drug-likeness (QED) is 0.0104. The number of nitrogens with zero attached hydrogens (tertiary/aromatic N) is 5. The molecule has 3 aromatic heterocycles. The zero-order valence-corrected chi connectivity index (χ0v) is 76.3. The Labute approximate surface area is 746 Å². The Morgan fingerprint density at radius 2 is 1.31 bits per heavy atom. The predicted octanol–water partition coefficient (Wildman–Crippen LogP) is 9.33. The first kappa shape index (κ1) is 103. The smallest absolute Gasteiger partial charge is 0.407 e. The van der Waals surface area contributed by atoms with Crippen molar-refractivity contribution in [1.29, 1.82) is 0 Å². The lowest BCUT2D eigenvalue weighted by Gasteiger charge is -2.42. The zero-order valence-electron chi connectivity index (χ0n) is 76.3. The van der Waals surface area contributed by atoms with E-state index in [-0.39, 0.29) is 80.1 Å². The number of H-pyrrole nitrogens is 1. The summed E-state index contributed by atoms with van der Waals surface area (Å²) in [6, 6.07) is 6.67. The molecule has 9 rings (SSSR count). The number of rotatable bonds is 41. The number of benzene rings is 1. The number of ketones is 3. The van der Waals surface area contributed by atoms with Gasteiger partial charge in [-0.25, -0.2) is 24.1 Å². The second-order valence-corrected chi connectivity index (χ2v) is 34.1. The van der Waals surface area contributed by atoms with Crippen LogP contribution in [0.25, 0.3) is 27.8 Å². The third-order valence-corrected chi connectivity index (χ3v) is 24.8. The maximum absolute atomic E-state index is 14.8. The molecule has 127 heavy (non-hydrogen) atoms. The van der Waals surface area contributed by atoms with E-state index in [9.17, 15) is 43.8 Å². The molecule has 34 nitrogen and oxygen atoms in total. The summed E-state index contributed by atoms with van der Waals surface area (Å²) >= 11 is 0. The van der Waals surface area contributed by atoms with Crippen LogP contribution in [0.2, 0.25) is 0 Å². The lowest BCUT2D eigenvalue weighted by atomic mass is 9.78. The molecule has 1 aromatic carbocycles. The van der Waals surface area contributed by atoms with Crippen LogP contribution < -0.4 is 21.1 Å². The minimum atomic E-state index is -2.48. The van der Waals surface area contributed by atoms with Crippen LogP contribution in [-0.2, 0) is 99.8 Å². The van der Waals surface area contributed by atoms with Gasteiger partial charge in [0.2, 0.25) is 11.7 Å². The summed E-state index contributed by atoms with van der Waals surface area (Å²) in [5.74, 6) is -6.75. The molecule has 2 saturated carbocycles. The molecule has 3 aliphatic heterocycles. The maximum Gasteiger partial charge on any atom is 0.407 e. The highest BCUT2D eigenvalue weighted by Gasteiger charge is 2.53. The minimum Gasteiger partial charge on any atom is -0.495 e. The zero-order chi connectivity index (χ0) is 91.2. The minimum absolute atomic E-state index is 0.0184. The van der Waals surface area contributed by atoms with E-state index in [0.717, 1.165) is 59.4 Å². The average Bonchev–Trinajstić information content (AvgIpc) is 1.62. The normalized spacial score (nSPS) is 28.3. The monoisotopic (exact) mass is 1780 g/mol. The predicted molar refractivity (Wildman–Crippen MR) is 472 cm³/mol. The standard InChI is InChI=1S/C93H141N9O25/c1-60-18-13-12-14-19-61(2)77(113-9)57-71-29-23-66(7)93(111,127-71)86(106)90(108)101-33-16-15-21-73(101)91(109)125-78(58-74(103)62(3)53-65(6)84(105)85(115-11)83(104)64(5)52-60)63(4)54-67-24-30-75(79(55-67)114-10)126-92(110)96-32-35-117-37-39-119-41-43-121-45-47-123-49-51-124-50-48-122-46-44-120-42-40-118-38-36-116-34-31-95-89(107)69-27-25-68(26-28-69)88-100-81(82-87(94)97-59-98-102(82)88)72-56-70-20-17-22-76(112-8)80(70)99-72/h12-14,17-20,22,53,56,59-60,62-64,66-69,71,73,75,77-79,84-85,99,105,111H,15-16,21,23-52,54-55,57-58H2,1-11H3,(H,95,107)(H,96,110)(H2,94,97,98)/b14-12+,18-13+,61-19+,65-53+/t60-,62-,63-,64-,66-,67+,68?,69?,71+,73+,75-,77+,78+,79-,84-,85+,93-/m1/s1. The lowest BCUT2D eigenvalue weighted by Crippen LogP contribution is -2.61. The van der Waals surface area contributed by atoms with Gasteiger partial charge in [-0.1, -0.05) is 83.2 Å². The first-order chi connectivity index (χ1) is 61.4. The second-order valence-electron chi connectivity index (χ2n) is 34.1. The number of nitrogens with one attached hydrogen (secondary N) is 3. The number of ether oxygens (including phenoxy) is 16. The van der Waals surface area contributed by atoms with E-state index in [4.69, 9.17) is 86.5 Å². The molecule has 3 amide bonds. The number of fused-ring (bicyclic) bond motifs is 5. The largest absolute Gasteiger partial charge is 0.495 e. The third kappa shape index (κ3) is 31.1.